The lowest BCUT2D eigenvalue weighted by atomic mass is 10.1. The van der Waals surface area contributed by atoms with Crippen LogP contribution in [0.1, 0.15) is 24.5 Å². The summed E-state index contributed by atoms with van der Waals surface area (Å²) in [5.41, 5.74) is 2.94. The van der Waals surface area contributed by atoms with Gasteiger partial charge in [-0.2, -0.15) is 0 Å². The second-order valence-electron chi connectivity index (χ2n) is 4.24. The Bertz CT molecular complexity index is 433. The lowest BCUT2D eigenvalue weighted by molar-refractivity contribution is -0.118. The Balaban J connectivity index is 2.25. The highest BCUT2D eigenvalue weighted by molar-refractivity contribution is 6.32. The maximum atomic E-state index is 12.0. The van der Waals surface area contributed by atoms with E-state index in [1.165, 1.54) is 0 Å². The Hall–Kier alpha value is -1.06. The molecule has 3 nitrogen and oxygen atoms in total. The van der Waals surface area contributed by atoms with Gasteiger partial charge in [-0.05, 0) is 30.0 Å². The molecular formula is C13H16ClNO2. The van der Waals surface area contributed by atoms with Gasteiger partial charge in [0, 0.05) is 12.2 Å². The highest BCUT2D eigenvalue weighted by atomic mass is 35.5. The highest BCUT2D eigenvalue weighted by Gasteiger charge is 2.28. The Labute approximate surface area is 106 Å². The van der Waals surface area contributed by atoms with E-state index in [1.54, 1.807) is 4.90 Å². The highest BCUT2D eigenvalue weighted by Crippen LogP contribution is 2.30. The van der Waals surface area contributed by atoms with Gasteiger partial charge in [0.15, 0.2) is 0 Å². The minimum atomic E-state index is -0.446. The van der Waals surface area contributed by atoms with Crippen LogP contribution in [0.4, 0.5) is 5.69 Å². The van der Waals surface area contributed by atoms with Crippen LogP contribution in [0.2, 0.25) is 0 Å². The fourth-order valence-corrected chi connectivity index (χ4v) is 2.24. The molecule has 1 aliphatic heterocycles. The maximum Gasteiger partial charge on any atom is 0.245 e. The lowest BCUT2D eigenvalue weighted by Crippen LogP contribution is -2.35. The number of carbonyl (C=O) groups excluding carboxylic acids is 1. The molecule has 0 saturated carbocycles. The van der Waals surface area contributed by atoms with E-state index >= 15 is 0 Å². The first kappa shape index (κ1) is 12.4. The molecule has 0 spiro atoms. The van der Waals surface area contributed by atoms with Crippen molar-refractivity contribution >= 4 is 23.2 Å². The van der Waals surface area contributed by atoms with Crippen LogP contribution in [0, 0.1) is 0 Å². The van der Waals surface area contributed by atoms with Crippen molar-refractivity contribution in [3.63, 3.8) is 0 Å². The Kier molecular flexibility index (Phi) is 3.69. The fourth-order valence-electron chi connectivity index (χ4n) is 2.13. The zero-order valence-electron chi connectivity index (χ0n) is 9.82. The van der Waals surface area contributed by atoms with Crippen LogP contribution in [-0.2, 0) is 17.8 Å². The SMILES string of the molecule is CCC(Cl)C(=O)N1CCc2cc(CO)ccc21. The van der Waals surface area contributed by atoms with Gasteiger partial charge in [0.2, 0.25) is 5.91 Å². The number of carbonyl (C=O) groups is 1. The van der Waals surface area contributed by atoms with Crippen LogP contribution >= 0.6 is 11.6 Å². The summed E-state index contributed by atoms with van der Waals surface area (Å²) in [5, 5.41) is 8.62. The number of nitrogens with zero attached hydrogens (tertiary/aromatic N) is 1. The molecule has 17 heavy (non-hydrogen) atoms. The maximum absolute atomic E-state index is 12.0. The summed E-state index contributed by atoms with van der Waals surface area (Å²) in [6, 6.07) is 5.70. The molecule has 0 bridgehead atoms. The van der Waals surface area contributed by atoms with Crippen molar-refractivity contribution in [2.24, 2.45) is 0 Å². The number of benzene rings is 1. The number of aliphatic hydroxyl groups is 1. The third kappa shape index (κ3) is 2.31. The Morgan fingerprint density at radius 3 is 3.00 bits per heavy atom. The first-order valence-corrected chi connectivity index (χ1v) is 6.29. The predicted octanol–water partition coefficient (Wildman–Crippen LogP) is 2.09. The van der Waals surface area contributed by atoms with Crippen molar-refractivity contribution in [2.45, 2.75) is 31.7 Å². The van der Waals surface area contributed by atoms with Crippen molar-refractivity contribution in [1.29, 1.82) is 0 Å². The van der Waals surface area contributed by atoms with Gasteiger partial charge in [-0.3, -0.25) is 4.79 Å². The summed E-state index contributed by atoms with van der Waals surface area (Å²) in [7, 11) is 0. The third-order valence-electron chi connectivity index (χ3n) is 3.11. The molecule has 1 unspecified atom stereocenters. The minimum absolute atomic E-state index is 0.0235. The molecule has 0 saturated heterocycles. The molecule has 92 valence electrons. The second kappa shape index (κ2) is 5.07. The number of rotatable bonds is 3. The summed E-state index contributed by atoms with van der Waals surface area (Å²) < 4.78 is 0. The quantitative estimate of drug-likeness (QED) is 0.838. The molecule has 1 aliphatic rings. The molecule has 1 heterocycles. The summed E-state index contributed by atoms with van der Waals surface area (Å²) >= 11 is 5.99. The molecule has 1 atom stereocenters. The summed E-state index contributed by atoms with van der Waals surface area (Å²) in [4.78, 5) is 13.8. The Morgan fingerprint density at radius 2 is 2.35 bits per heavy atom. The largest absolute Gasteiger partial charge is 0.392 e. The lowest BCUT2D eigenvalue weighted by Gasteiger charge is -2.19. The topological polar surface area (TPSA) is 40.5 Å². The van der Waals surface area contributed by atoms with Gasteiger partial charge in [-0.25, -0.2) is 0 Å². The number of fused-ring (bicyclic) bond motifs is 1. The van der Waals surface area contributed by atoms with Crippen molar-refractivity contribution in [1.82, 2.24) is 0 Å². The molecular weight excluding hydrogens is 238 g/mol. The summed E-state index contributed by atoms with van der Waals surface area (Å²) in [6.07, 6.45) is 1.48. The van der Waals surface area contributed by atoms with Crippen LogP contribution in [-0.4, -0.2) is 22.9 Å². The summed E-state index contributed by atoms with van der Waals surface area (Å²) in [5.74, 6) is -0.0235. The zero-order chi connectivity index (χ0) is 12.4. The number of aliphatic hydroxyl groups excluding tert-OH is 1. The molecule has 4 heteroatoms. The molecule has 0 aromatic heterocycles. The smallest absolute Gasteiger partial charge is 0.245 e. The van der Waals surface area contributed by atoms with Gasteiger partial charge < -0.3 is 10.0 Å². The molecule has 1 amide bonds. The van der Waals surface area contributed by atoms with E-state index in [9.17, 15) is 4.79 Å². The number of amides is 1. The van der Waals surface area contributed by atoms with Crippen molar-refractivity contribution in [3.05, 3.63) is 29.3 Å². The molecule has 1 aromatic rings. The monoisotopic (exact) mass is 253 g/mol. The van der Waals surface area contributed by atoms with E-state index in [4.69, 9.17) is 16.7 Å². The average molecular weight is 254 g/mol. The molecule has 1 aromatic carbocycles. The average Bonchev–Trinajstić information content (AvgIpc) is 2.79. The second-order valence-corrected chi connectivity index (χ2v) is 4.76. The van der Waals surface area contributed by atoms with Crippen molar-refractivity contribution < 1.29 is 9.90 Å². The van der Waals surface area contributed by atoms with Gasteiger partial charge in [-0.1, -0.05) is 19.1 Å². The van der Waals surface area contributed by atoms with E-state index < -0.39 is 5.38 Å². The van der Waals surface area contributed by atoms with E-state index in [0.29, 0.717) is 13.0 Å². The van der Waals surface area contributed by atoms with Crippen LogP contribution in [0.25, 0.3) is 0 Å². The molecule has 0 fully saturated rings. The van der Waals surface area contributed by atoms with Gasteiger partial charge in [0.25, 0.3) is 0 Å². The fraction of sp³-hybridized carbons (Fsp3) is 0.462. The van der Waals surface area contributed by atoms with Gasteiger partial charge in [0.1, 0.15) is 5.38 Å². The van der Waals surface area contributed by atoms with Crippen molar-refractivity contribution in [3.8, 4) is 0 Å². The van der Waals surface area contributed by atoms with E-state index in [0.717, 1.165) is 23.2 Å². The van der Waals surface area contributed by atoms with Gasteiger partial charge >= 0.3 is 0 Å². The Morgan fingerprint density at radius 1 is 1.59 bits per heavy atom. The van der Waals surface area contributed by atoms with E-state index in [1.807, 2.05) is 25.1 Å². The third-order valence-corrected chi connectivity index (χ3v) is 3.61. The van der Waals surface area contributed by atoms with Crippen LogP contribution in [0.3, 0.4) is 0 Å². The standard InChI is InChI=1S/C13H16ClNO2/c1-2-11(14)13(17)15-6-5-10-7-9(8-16)3-4-12(10)15/h3-4,7,11,16H,2,5-6,8H2,1H3. The molecule has 0 aliphatic carbocycles. The number of hydrogen-bond acceptors (Lipinski definition) is 2. The number of hydrogen-bond donors (Lipinski definition) is 1. The van der Waals surface area contributed by atoms with E-state index in [2.05, 4.69) is 0 Å². The minimum Gasteiger partial charge on any atom is -0.392 e. The first-order chi connectivity index (χ1) is 8.17. The van der Waals surface area contributed by atoms with Gasteiger partial charge in [0.05, 0.1) is 6.61 Å². The number of halogens is 1. The number of alkyl halides is 1. The molecule has 0 radical (unpaired) electrons. The van der Waals surface area contributed by atoms with Crippen LogP contribution < -0.4 is 4.90 Å². The number of anilines is 1. The van der Waals surface area contributed by atoms with Gasteiger partial charge in [-0.15, -0.1) is 11.6 Å². The van der Waals surface area contributed by atoms with Crippen LogP contribution in [0.15, 0.2) is 18.2 Å². The predicted molar refractivity (Wildman–Crippen MR) is 68.4 cm³/mol. The molecule has 2 rings (SSSR count). The summed E-state index contributed by atoms with van der Waals surface area (Å²) in [6.45, 7) is 2.63. The van der Waals surface area contributed by atoms with Crippen LogP contribution in [0.5, 0.6) is 0 Å². The normalized spacial score (nSPS) is 15.8. The van der Waals surface area contributed by atoms with E-state index in [-0.39, 0.29) is 12.5 Å². The zero-order valence-corrected chi connectivity index (χ0v) is 10.6. The van der Waals surface area contributed by atoms with Crippen molar-refractivity contribution in [2.75, 3.05) is 11.4 Å². The molecule has 1 N–H and O–H groups in total. The first-order valence-electron chi connectivity index (χ1n) is 5.85.